The Bertz CT molecular complexity index is 610. The molecule has 0 radical (unpaired) electrons. The molecule has 98 valence electrons. The van der Waals surface area contributed by atoms with Crippen LogP contribution in [0.15, 0.2) is 36.4 Å². The van der Waals surface area contributed by atoms with E-state index in [1.807, 2.05) is 0 Å². The largest absolute Gasteiger partial charge is 0.380 e. The van der Waals surface area contributed by atoms with Gasteiger partial charge in [0.1, 0.15) is 5.82 Å². The van der Waals surface area contributed by atoms with Gasteiger partial charge in [0.25, 0.3) is 0 Å². The SMILES string of the molecule is Fc1ccc(Cl)c(NCc2ccc3c(c2)CCC3)c1. The van der Waals surface area contributed by atoms with E-state index in [9.17, 15) is 4.39 Å². The lowest BCUT2D eigenvalue weighted by Crippen LogP contribution is -2.01. The fourth-order valence-electron chi connectivity index (χ4n) is 2.57. The van der Waals surface area contributed by atoms with Gasteiger partial charge in [-0.1, -0.05) is 29.8 Å². The van der Waals surface area contributed by atoms with Gasteiger partial charge in [0.15, 0.2) is 0 Å². The molecule has 0 fully saturated rings. The summed E-state index contributed by atoms with van der Waals surface area (Å²) in [5.74, 6) is -0.277. The third-order valence-electron chi connectivity index (χ3n) is 3.57. The molecule has 1 aliphatic rings. The molecular weight excluding hydrogens is 261 g/mol. The average molecular weight is 276 g/mol. The highest BCUT2D eigenvalue weighted by Gasteiger charge is 2.10. The van der Waals surface area contributed by atoms with Gasteiger partial charge in [0.2, 0.25) is 0 Å². The molecular formula is C16H15ClFN. The van der Waals surface area contributed by atoms with Crippen molar-refractivity contribution in [3.63, 3.8) is 0 Å². The van der Waals surface area contributed by atoms with Crippen molar-refractivity contribution in [3.8, 4) is 0 Å². The Labute approximate surface area is 117 Å². The predicted molar refractivity (Wildman–Crippen MR) is 77.2 cm³/mol. The summed E-state index contributed by atoms with van der Waals surface area (Å²) < 4.78 is 13.2. The van der Waals surface area contributed by atoms with Crippen molar-refractivity contribution in [1.82, 2.24) is 0 Å². The molecule has 0 amide bonds. The molecule has 0 saturated heterocycles. The third kappa shape index (κ3) is 2.74. The number of nitrogens with one attached hydrogen (secondary N) is 1. The topological polar surface area (TPSA) is 12.0 Å². The Morgan fingerprint density at radius 1 is 1.05 bits per heavy atom. The number of fused-ring (bicyclic) bond motifs is 1. The second-order valence-corrected chi connectivity index (χ2v) is 5.34. The average Bonchev–Trinajstić information content (AvgIpc) is 2.87. The Balaban J connectivity index is 1.74. The zero-order chi connectivity index (χ0) is 13.2. The van der Waals surface area contributed by atoms with Crippen LogP contribution < -0.4 is 5.32 Å². The fraction of sp³-hybridized carbons (Fsp3) is 0.250. The summed E-state index contributed by atoms with van der Waals surface area (Å²) in [4.78, 5) is 0. The minimum atomic E-state index is -0.277. The molecule has 2 aromatic carbocycles. The molecule has 0 aromatic heterocycles. The monoisotopic (exact) mass is 275 g/mol. The molecule has 0 atom stereocenters. The maximum Gasteiger partial charge on any atom is 0.125 e. The smallest absolute Gasteiger partial charge is 0.125 e. The van der Waals surface area contributed by atoms with Crippen LogP contribution in [0.1, 0.15) is 23.1 Å². The number of rotatable bonds is 3. The summed E-state index contributed by atoms with van der Waals surface area (Å²) in [6.07, 6.45) is 3.62. The first-order valence-electron chi connectivity index (χ1n) is 6.52. The van der Waals surface area contributed by atoms with Crippen LogP contribution >= 0.6 is 11.6 Å². The highest BCUT2D eigenvalue weighted by atomic mass is 35.5. The Morgan fingerprint density at radius 2 is 1.89 bits per heavy atom. The van der Waals surface area contributed by atoms with Crippen molar-refractivity contribution in [2.24, 2.45) is 0 Å². The van der Waals surface area contributed by atoms with Gasteiger partial charge in [-0.15, -0.1) is 0 Å². The molecule has 1 N–H and O–H groups in total. The number of hydrogen-bond donors (Lipinski definition) is 1. The van der Waals surface area contributed by atoms with Crippen molar-refractivity contribution in [3.05, 3.63) is 63.9 Å². The van der Waals surface area contributed by atoms with Crippen LogP contribution in [0.25, 0.3) is 0 Å². The van der Waals surface area contributed by atoms with E-state index in [1.165, 1.54) is 48.1 Å². The second-order valence-electron chi connectivity index (χ2n) is 4.93. The van der Waals surface area contributed by atoms with Crippen LogP contribution in [0.5, 0.6) is 0 Å². The molecule has 0 spiro atoms. The van der Waals surface area contributed by atoms with Crippen LogP contribution in [0.4, 0.5) is 10.1 Å². The van der Waals surface area contributed by atoms with Gasteiger partial charge in [-0.25, -0.2) is 4.39 Å². The highest BCUT2D eigenvalue weighted by molar-refractivity contribution is 6.33. The third-order valence-corrected chi connectivity index (χ3v) is 3.90. The summed E-state index contributed by atoms with van der Waals surface area (Å²) in [6, 6.07) is 10.9. The maximum absolute atomic E-state index is 13.2. The van der Waals surface area contributed by atoms with Gasteiger partial charge in [-0.2, -0.15) is 0 Å². The Morgan fingerprint density at radius 3 is 2.79 bits per heavy atom. The molecule has 1 nitrogen and oxygen atoms in total. The van der Waals surface area contributed by atoms with Crippen molar-refractivity contribution in [2.75, 3.05) is 5.32 Å². The number of halogens is 2. The van der Waals surface area contributed by atoms with Crippen LogP contribution in [-0.2, 0) is 19.4 Å². The molecule has 2 aromatic rings. The predicted octanol–water partition coefficient (Wildman–Crippen LogP) is 4.58. The van der Waals surface area contributed by atoms with Crippen LogP contribution in [0.2, 0.25) is 5.02 Å². The summed E-state index contributed by atoms with van der Waals surface area (Å²) in [5.41, 5.74) is 4.76. The van der Waals surface area contributed by atoms with Crippen molar-refractivity contribution in [1.29, 1.82) is 0 Å². The normalized spacial score (nSPS) is 13.4. The van der Waals surface area contributed by atoms with Gasteiger partial charge in [-0.3, -0.25) is 0 Å². The van der Waals surface area contributed by atoms with Gasteiger partial charge in [-0.05, 0) is 54.2 Å². The summed E-state index contributed by atoms with van der Waals surface area (Å²) in [5, 5.41) is 3.73. The van der Waals surface area contributed by atoms with Crippen LogP contribution in [0.3, 0.4) is 0 Å². The molecule has 1 aliphatic carbocycles. The van der Waals surface area contributed by atoms with E-state index in [4.69, 9.17) is 11.6 Å². The first kappa shape index (κ1) is 12.5. The lowest BCUT2D eigenvalue weighted by Gasteiger charge is -2.10. The van der Waals surface area contributed by atoms with E-state index in [0.717, 1.165) is 0 Å². The van der Waals surface area contributed by atoms with E-state index < -0.39 is 0 Å². The molecule has 0 unspecified atom stereocenters. The number of benzene rings is 2. The maximum atomic E-state index is 13.2. The van der Waals surface area contributed by atoms with Crippen molar-refractivity contribution >= 4 is 17.3 Å². The molecule has 3 heteroatoms. The minimum Gasteiger partial charge on any atom is -0.380 e. The van der Waals surface area contributed by atoms with Crippen LogP contribution in [-0.4, -0.2) is 0 Å². The molecule has 0 bridgehead atoms. The van der Waals surface area contributed by atoms with E-state index in [1.54, 1.807) is 6.07 Å². The number of anilines is 1. The van der Waals surface area contributed by atoms with Gasteiger partial charge >= 0.3 is 0 Å². The Hall–Kier alpha value is -1.54. The zero-order valence-corrected chi connectivity index (χ0v) is 11.3. The van der Waals surface area contributed by atoms with E-state index >= 15 is 0 Å². The van der Waals surface area contributed by atoms with Crippen molar-refractivity contribution < 1.29 is 4.39 Å². The van der Waals surface area contributed by atoms with Crippen molar-refractivity contribution in [2.45, 2.75) is 25.8 Å². The lowest BCUT2D eigenvalue weighted by atomic mass is 10.1. The molecule has 0 heterocycles. The number of aryl methyl sites for hydroxylation is 2. The summed E-state index contributed by atoms with van der Waals surface area (Å²) in [7, 11) is 0. The summed E-state index contributed by atoms with van der Waals surface area (Å²) in [6.45, 7) is 0.663. The molecule has 3 rings (SSSR count). The van der Waals surface area contributed by atoms with E-state index in [0.29, 0.717) is 17.3 Å². The second kappa shape index (κ2) is 5.22. The molecule has 0 saturated carbocycles. The minimum absolute atomic E-state index is 0.277. The van der Waals surface area contributed by atoms with E-state index in [-0.39, 0.29) is 5.82 Å². The van der Waals surface area contributed by atoms with Gasteiger partial charge in [0, 0.05) is 6.54 Å². The van der Waals surface area contributed by atoms with E-state index in [2.05, 4.69) is 23.5 Å². The van der Waals surface area contributed by atoms with Gasteiger partial charge in [0.05, 0.1) is 10.7 Å². The quantitative estimate of drug-likeness (QED) is 0.864. The standard InChI is InChI=1S/C16H15ClFN/c17-15-7-6-14(18)9-16(15)19-10-11-4-5-12-2-1-3-13(12)8-11/h4-9,19H,1-3,10H2. The first-order valence-corrected chi connectivity index (χ1v) is 6.90. The zero-order valence-electron chi connectivity index (χ0n) is 10.5. The molecule has 0 aliphatic heterocycles. The Kier molecular flexibility index (Phi) is 3.43. The molecule has 19 heavy (non-hydrogen) atoms. The fourth-order valence-corrected chi connectivity index (χ4v) is 2.75. The number of hydrogen-bond acceptors (Lipinski definition) is 1. The highest BCUT2D eigenvalue weighted by Crippen LogP contribution is 2.25. The van der Waals surface area contributed by atoms with Crippen LogP contribution in [0, 0.1) is 5.82 Å². The van der Waals surface area contributed by atoms with Gasteiger partial charge < -0.3 is 5.32 Å². The lowest BCUT2D eigenvalue weighted by molar-refractivity contribution is 0.628. The summed E-state index contributed by atoms with van der Waals surface area (Å²) >= 11 is 6.03. The first-order chi connectivity index (χ1) is 9.22.